The molecule has 0 aliphatic carbocycles. The zero-order chi connectivity index (χ0) is 48.4. The minimum absolute atomic E-state index is 0.115. The van der Waals surface area contributed by atoms with Crippen LogP contribution in [0.2, 0.25) is 0 Å². The van der Waals surface area contributed by atoms with Crippen molar-refractivity contribution in [2.45, 2.75) is 55.7 Å². The molecule has 0 atom stereocenters. The van der Waals surface area contributed by atoms with Gasteiger partial charge in [-0.3, -0.25) is 9.59 Å². The molecule has 1 aromatic heterocycles. The van der Waals surface area contributed by atoms with E-state index < -0.39 is 112 Å². The van der Waals surface area contributed by atoms with Crippen LogP contribution in [0.3, 0.4) is 0 Å². The third-order valence-corrected chi connectivity index (χ3v) is 9.17. The zero-order valence-electron chi connectivity index (χ0n) is 40.3. The van der Waals surface area contributed by atoms with E-state index in [1.165, 1.54) is 55.3 Å². The number of halogens is 5. The summed E-state index contributed by atoms with van der Waals surface area (Å²) in [4.78, 5) is 31.2. The topological polar surface area (TPSA) is 54.8 Å². The largest absolute Gasteiger partial charge is 0.416 e. The number of rotatable bonds is 12. The summed E-state index contributed by atoms with van der Waals surface area (Å²) in [6.45, 7) is -8.17. The maximum Gasteiger partial charge on any atom is 0.416 e. The van der Waals surface area contributed by atoms with Crippen LogP contribution in [0.25, 0.3) is 22.0 Å². The Bertz CT molecular complexity index is 2700. The van der Waals surface area contributed by atoms with Crippen LogP contribution in [0.5, 0.6) is 0 Å². The van der Waals surface area contributed by atoms with E-state index in [4.69, 9.17) is 15.7 Å². The van der Waals surface area contributed by atoms with Crippen molar-refractivity contribution < 1.29 is 47.9 Å². The third-order valence-electron chi connectivity index (χ3n) is 8.37. The molecule has 2 heterocycles. The number of thioether (sulfide) groups is 1. The highest BCUT2D eigenvalue weighted by Gasteiger charge is 2.31. The molecule has 0 radical (unpaired) electrons. The average molecular weight is 762 g/mol. The maximum absolute atomic E-state index is 15.3. The molecular formula is C41H40F5N3O3S. The first-order valence-electron chi connectivity index (χ1n) is 22.2. The second-order valence-electron chi connectivity index (χ2n) is 12.0. The van der Waals surface area contributed by atoms with E-state index in [1.54, 1.807) is 0 Å². The van der Waals surface area contributed by atoms with Gasteiger partial charge in [0.25, 0.3) is 0 Å². The SMILES string of the molecule is [2H]c1c(C)c([2H])c2c(=O)c([2H])c(SC([2H])([2H])c3cccc(F)c3F)n(C([2H])([2H])C(=O)N(C3CCN(C([2H])([2H])COC)CC3)C([2H])([2H])c3ccc(-c4ccc(C(F)(F)F)cc4)cc3)c2c1[2H]. The molecule has 0 spiro atoms. The van der Waals surface area contributed by atoms with Crippen LogP contribution in [-0.2, 0) is 34.4 Å². The molecule has 12 heteroatoms. The van der Waals surface area contributed by atoms with Gasteiger partial charge in [0.15, 0.2) is 17.1 Å². The van der Waals surface area contributed by atoms with E-state index in [1.807, 2.05) is 0 Å². The second-order valence-corrected chi connectivity index (χ2v) is 12.8. The first kappa shape index (κ1) is 25.5. The molecular weight excluding hydrogens is 710 g/mol. The lowest BCUT2D eigenvalue weighted by Gasteiger charge is -2.39. The molecule has 1 saturated heterocycles. The molecule has 0 unspecified atom stereocenters. The first-order chi connectivity index (χ1) is 30.1. The maximum atomic E-state index is 15.3. The number of pyridine rings is 1. The number of amides is 1. The molecule has 0 saturated carbocycles. The van der Waals surface area contributed by atoms with Crippen molar-refractivity contribution in [1.82, 2.24) is 14.4 Å². The number of benzene rings is 4. The standard InChI is InChI=1S/C41H40F5N3O3S/c1-27-6-15-36-34(22-27)37(50)23-39(53-26-31-4-3-5-35(42)40(31)43)49(36)25-38(51)48(33-16-18-47(19-17-33)20-21-52-2)24-28-7-9-29(10-8-28)30-11-13-32(14-12-30)41(44,45)46/h3-15,22-23,33H,16-21,24-26H2,1-2H3/i6D,15D,20D2,22D,23D,24D2,25D2,26D2. The number of alkyl halides is 3. The van der Waals surface area contributed by atoms with E-state index in [2.05, 4.69) is 0 Å². The summed E-state index contributed by atoms with van der Waals surface area (Å²) in [6, 6.07) is 6.93. The van der Waals surface area contributed by atoms with E-state index >= 15 is 9.18 Å². The van der Waals surface area contributed by atoms with Crippen molar-refractivity contribution in [2.24, 2.45) is 0 Å². The van der Waals surface area contributed by atoms with E-state index in [0.717, 1.165) is 24.3 Å². The summed E-state index contributed by atoms with van der Waals surface area (Å²) in [5.74, 6) is -4.89. The highest BCUT2D eigenvalue weighted by molar-refractivity contribution is 7.98. The molecule has 4 aromatic carbocycles. The zero-order valence-corrected chi connectivity index (χ0v) is 29.1. The first-order valence-corrected chi connectivity index (χ1v) is 17.1. The monoisotopic (exact) mass is 761 g/mol. The Balaban J connectivity index is 1.56. The van der Waals surface area contributed by atoms with Crippen LogP contribution in [-0.4, -0.2) is 59.6 Å². The minimum Gasteiger partial charge on any atom is -0.383 e. The fourth-order valence-electron chi connectivity index (χ4n) is 5.63. The molecule has 53 heavy (non-hydrogen) atoms. The Morgan fingerprint density at radius 3 is 2.34 bits per heavy atom. The second kappa shape index (κ2) is 16.7. The van der Waals surface area contributed by atoms with Crippen LogP contribution in [0, 0.1) is 18.6 Å². The van der Waals surface area contributed by atoms with Crippen molar-refractivity contribution >= 4 is 28.6 Å². The lowest BCUT2D eigenvalue weighted by atomic mass is 10.00. The van der Waals surface area contributed by atoms with Gasteiger partial charge in [-0.25, -0.2) is 8.78 Å². The molecule has 278 valence electrons. The van der Waals surface area contributed by atoms with Gasteiger partial charge in [-0.05, 0) is 66.7 Å². The Morgan fingerprint density at radius 1 is 1.00 bits per heavy atom. The van der Waals surface area contributed by atoms with Gasteiger partial charge < -0.3 is 19.1 Å². The quantitative estimate of drug-likeness (QED) is 0.0941. The van der Waals surface area contributed by atoms with Gasteiger partial charge in [-0.2, -0.15) is 13.2 Å². The highest BCUT2D eigenvalue weighted by Crippen LogP contribution is 2.32. The predicted molar refractivity (Wildman–Crippen MR) is 198 cm³/mol. The highest BCUT2D eigenvalue weighted by atomic mass is 32.2. The van der Waals surface area contributed by atoms with Gasteiger partial charge >= 0.3 is 6.18 Å². The molecule has 6 rings (SSSR count). The third kappa shape index (κ3) is 9.17. The molecule has 0 bridgehead atoms. The van der Waals surface area contributed by atoms with Crippen LogP contribution in [0.1, 0.15) is 51.5 Å². The van der Waals surface area contributed by atoms with Crippen molar-refractivity contribution in [2.75, 3.05) is 33.3 Å². The van der Waals surface area contributed by atoms with Crippen molar-refractivity contribution in [1.29, 1.82) is 0 Å². The molecule has 1 aliphatic heterocycles. The van der Waals surface area contributed by atoms with Gasteiger partial charge in [-0.1, -0.05) is 60.1 Å². The molecule has 1 amide bonds. The van der Waals surface area contributed by atoms with Crippen molar-refractivity contribution in [3.8, 4) is 11.1 Å². The van der Waals surface area contributed by atoms with E-state index in [9.17, 15) is 27.8 Å². The van der Waals surface area contributed by atoms with Crippen LogP contribution in [0.15, 0.2) is 101 Å². The van der Waals surface area contributed by atoms with Crippen LogP contribution in [0.4, 0.5) is 22.0 Å². The van der Waals surface area contributed by atoms with Crippen molar-refractivity contribution in [3.05, 3.63) is 135 Å². The summed E-state index contributed by atoms with van der Waals surface area (Å²) in [6.07, 6.45) is -4.96. The fraction of sp³-hybridized carbons (Fsp3) is 0.317. The van der Waals surface area contributed by atoms with Crippen LogP contribution < -0.4 is 5.43 Å². The van der Waals surface area contributed by atoms with Gasteiger partial charge in [0.2, 0.25) is 5.91 Å². The van der Waals surface area contributed by atoms with E-state index in [-0.39, 0.29) is 60.0 Å². The number of hydrogen-bond donors (Lipinski definition) is 0. The Hall–Kier alpha value is -4.52. The molecule has 6 nitrogen and oxygen atoms in total. The Morgan fingerprint density at radius 2 is 1.68 bits per heavy atom. The number of hydrogen-bond acceptors (Lipinski definition) is 5. The molecule has 0 N–H and O–H groups in total. The minimum atomic E-state index is -4.61. The van der Waals surface area contributed by atoms with Gasteiger partial charge in [-0.15, -0.1) is 11.8 Å². The molecule has 1 fully saturated rings. The summed E-state index contributed by atoms with van der Waals surface area (Å²) in [7, 11) is 1.29. The number of methoxy groups -OCH3 is 1. The number of aromatic nitrogens is 1. The molecule has 1 aliphatic rings. The summed E-state index contributed by atoms with van der Waals surface area (Å²) >= 11 is -0.197. The smallest absolute Gasteiger partial charge is 0.383 e. The summed E-state index contributed by atoms with van der Waals surface area (Å²) < 4.78 is 183. The Kier molecular flexibility index (Phi) is 8.01. The lowest BCUT2D eigenvalue weighted by molar-refractivity contribution is -0.137. The number of nitrogens with zero attached hydrogens (tertiary/aromatic N) is 3. The number of likely N-dealkylation sites (tertiary alicyclic amines) is 1. The summed E-state index contributed by atoms with van der Waals surface area (Å²) in [5, 5.41) is -1.87. The Labute approximate surface area is 326 Å². The lowest BCUT2D eigenvalue weighted by Crippen LogP contribution is -2.48. The molecule has 5 aromatic rings. The van der Waals surface area contributed by atoms with Crippen LogP contribution >= 0.6 is 11.8 Å². The average Bonchev–Trinajstić information content (AvgIpc) is 3.24. The van der Waals surface area contributed by atoms with E-state index in [0.29, 0.717) is 22.1 Å². The van der Waals surface area contributed by atoms with Crippen molar-refractivity contribution in [3.63, 3.8) is 0 Å². The number of ether oxygens (including phenoxy) is 1. The van der Waals surface area contributed by atoms with Gasteiger partial charge in [0, 0.05) is 67.4 Å². The fourth-order valence-corrected chi connectivity index (χ4v) is 6.37. The number of fused-ring (bicyclic) bond motifs is 1. The van der Waals surface area contributed by atoms with Gasteiger partial charge in [0.1, 0.15) is 6.50 Å². The number of piperidine rings is 1. The number of carbonyl (C=O) groups is 1. The number of carbonyl (C=O) groups excluding carboxylic acids is 1. The normalized spacial score (nSPS) is 18.5. The summed E-state index contributed by atoms with van der Waals surface area (Å²) in [5.41, 5.74) is -7.15. The predicted octanol–water partition coefficient (Wildman–Crippen LogP) is 8.71. The van der Waals surface area contributed by atoms with Gasteiger partial charge in [0.05, 0.1) is 33.7 Å².